The molecule has 0 aliphatic carbocycles. The summed E-state index contributed by atoms with van der Waals surface area (Å²) in [5.41, 5.74) is 10.3. The molecular weight excluding hydrogens is 493 g/mol. The van der Waals surface area contributed by atoms with Gasteiger partial charge >= 0.3 is 0 Å². The Kier molecular flexibility index (Phi) is 6.70. The lowest BCUT2D eigenvalue weighted by Crippen LogP contribution is -2.37. The van der Waals surface area contributed by atoms with Crippen LogP contribution in [-0.2, 0) is 16.6 Å². The molecule has 37 heavy (non-hydrogen) atoms. The van der Waals surface area contributed by atoms with E-state index in [0.717, 1.165) is 27.9 Å². The monoisotopic (exact) mass is 521 g/mol. The number of piperidine rings is 1. The topological polar surface area (TPSA) is 121 Å². The van der Waals surface area contributed by atoms with Gasteiger partial charge in [0.25, 0.3) is 0 Å². The number of primary amides is 1. The third-order valence-corrected chi connectivity index (χ3v) is 8.21. The number of hydrogen-bond acceptors (Lipinski definition) is 5. The van der Waals surface area contributed by atoms with E-state index < -0.39 is 15.9 Å². The van der Waals surface area contributed by atoms with Gasteiger partial charge in [-0.1, -0.05) is 12.1 Å². The van der Waals surface area contributed by atoms with Crippen LogP contribution in [0.5, 0.6) is 0 Å². The Morgan fingerprint density at radius 1 is 1.11 bits per heavy atom. The fourth-order valence-electron chi connectivity index (χ4n) is 4.83. The van der Waals surface area contributed by atoms with Crippen molar-refractivity contribution >= 4 is 32.7 Å². The SMILES string of the molecule is CS(=O)(=O)N1CCC(c2cc3c(-c4cc(NCc5ccc(C(N)=O)cc5)ccc4F)ccnc3[nH]2)CC1. The van der Waals surface area contributed by atoms with Crippen LogP contribution in [0.3, 0.4) is 0 Å². The number of benzene rings is 2. The Morgan fingerprint density at radius 3 is 2.51 bits per heavy atom. The summed E-state index contributed by atoms with van der Waals surface area (Å²) in [4.78, 5) is 19.1. The number of nitrogens with two attached hydrogens (primary N) is 1. The van der Waals surface area contributed by atoms with Gasteiger partial charge in [0.1, 0.15) is 11.5 Å². The summed E-state index contributed by atoms with van der Waals surface area (Å²) in [6, 6.07) is 15.7. The van der Waals surface area contributed by atoms with Crippen LogP contribution in [0.15, 0.2) is 60.8 Å². The number of H-pyrrole nitrogens is 1. The van der Waals surface area contributed by atoms with Crippen molar-refractivity contribution in [2.24, 2.45) is 5.73 Å². The Hall–Kier alpha value is -3.76. The molecule has 5 rings (SSSR count). The van der Waals surface area contributed by atoms with Gasteiger partial charge in [0.05, 0.1) is 6.26 Å². The number of rotatable bonds is 7. The van der Waals surface area contributed by atoms with Crippen LogP contribution < -0.4 is 11.1 Å². The predicted octanol–water partition coefficient (Wildman–Crippen LogP) is 4.22. The van der Waals surface area contributed by atoms with Gasteiger partial charge in [0.15, 0.2) is 0 Å². The second-order valence-electron chi connectivity index (χ2n) is 9.39. The van der Waals surface area contributed by atoms with Crippen molar-refractivity contribution in [1.82, 2.24) is 14.3 Å². The maximum absolute atomic E-state index is 15.0. The smallest absolute Gasteiger partial charge is 0.248 e. The van der Waals surface area contributed by atoms with Crippen LogP contribution in [0.2, 0.25) is 0 Å². The van der Waals surface area contributed by atoms with E-state index >= 15 is 4.39 Å². The first kappa shape index (κ1) is 24.9. The molecule has 1 amide bonds. The molecule has 1 fully saturated rings. The average Bonchev–Trinajstić information content (AvgIpc) is 3.33. The molecule has 0 bridgehead atoms. The normalized spacial score (nSPS) is 15.2. The van der Waals surface area contributed by atoms with Crippen molar-refractivity contribution in [3.63, 3.8) is 0 Å². The minimum atomic E-state index is -3.19. The van der Waals surface area contributed by atoms with Gasteiger partial charge in [-0.15, -0.1) is 0 Å². The van der Waals surface area contributed by atoms with Gasteiger partial charge in [0, 0.05) is 59.6 Å². The highest BCUT2D eigenvalue weighted by atomic mass is 32.2. The summed E-state index contributed by atoms with van der Waals surface area (Å²) >= 11 is 0. The highest BCUT2D eigenvalue weighted by molar-refractivity contribution is 7.88. The third-order valence-electron chi connectivity index (χ3n) is 6.91. The van der Waals surface area contributed by atoms with E-state index in [4.69, 9.17) is 5.73 Å². The fourth-order valence-corrected chi connectivity index (χ4v) is 5.71. The highest BCUT2D eigenvalue weighted by Gasteiger charge is 2.27. The van der Waals surface area contributed by atoms with E-state index in [2.05, 4.69) is 15.3 Å². The number of amides is 1. The first-order valence-electron chi connectivity index (χ1n) is 12.0. The third kappa shape index (κ3) is 5.35. The molecule has 3 heterocycles. The molecule has 192 valence electrons. The molecule has 4 aromatic rings. The van der Waals surface area contributed by atoms with Crippen LogP contribution in [0, 0.1) is 5.82 Å². The molecule has 1 aliphatic rings. The zero-order valence-corrected chi connectivity index (χ0v) is 21.2. The summed E-state index contributed by atoms with van der Waals surface area (Å²) in [6.07, 6.45) is 4.32. The van der Waals surface area contributed by atoms with Gasteiger partial charge in [-0.2, -0.15) is 0 Å². The first-order chi connectivity index (χ1) is 17.7. The minimum absolute atomic E-state index is 0.179. The molecule has 4 N–H and O–H groups in total. The van der Waals surface area contributed by atoms with Crippen LogP contribution >= 0.6 is 0 Å². The number of anilines is 1. The molecule has 1 saturated heterocycles. The van der Waals surface area contributed by atoms with Crippen molar-refractivity contribution < 1.29 is 17.6 Å². The zero-order chi connectivity index (χ0) is 26.2. The number of carbonyl (C=O) groups is 1. The van der Waals surface area contributed by atoms with Gasteiger partial charge in [-0.3, -0.25) is 4.79 Å². The number of halogens is 1. The van der Waals surface area contributed by atoms with E-state index in [0.29, 0.717) is 49.2 Å². The summed E-state index contributed by atoms with van der Waals surface area (Å²) in [6.45, 7) is 1.45. The summed E-state index contributed by atoms with van der Waals surface area (Å²) < 4.78 is 40.2. The van der Waals surface area contributed by atoms with E-state index in [1.807, 2.05) is 18.2 Å². The molecular formula is C27H28FN5O3S. The van der Waals surface area contributed by atoms with Gasteiger partial charge in [0.2, 0.25) is 15.9 Å². The molecule has 2 aromatic heterocycles. The standard InChI is InChI=1S/C27H28FN5O3S/c1-37(35,36)33-12-9-18(10-13-33)25-15-23-21(8-11-30-27(23)32-25)22-14-20(6-7-24(22)28)31-16-17-2-4-19(5-3-17)26(29)34/h2-8,11,14-15,18,31H,9-10,12-13,16H2,1H3,(H2,29,34)(H,30,32). The average molecular weight is 522 g/mol. The zero-order valence-electron chi connectivity index (χ0n) is 20.4. The number of aromatic amines is 1. The largest absolute Gasteiger partial charge is 0.381 e. The van der Waals surface area contributed by atoms with Crippen LogP contribution in [-0.4, -0.2) is 47.9 Å². The molecule has 8 nitrogen and oxygen atoms in total. The van der Waals surface area contributed by atoms with Gasteiger partial charge < -0.3 is 16.0 Å². The number of fused-ring (bicyclic) bond motifs is 1. The maximum atomic E-state index is 15.0. The number of carbonyl (C=O) groups excluding carboxylic acids is 1. The Bertz CT molecular complexity index is 1560. The lowest BCUT2D eigenvalue weighted by atomic mass is 9.94. The van der Waals surface area contributed by atoms with Crippen molar-refractivity contribution in [2.75, 3.05) is 24.7 Å². The number of nitrogens with one attached hydrogen (secondary N) is 2. The molecule has 0 spiro atoms. The lowest BCUT2D eigenvalue weighted by Gasteiger charge is -2.29. The number of pyridine rings is 1. The molecule has 0 atom stereocenters. The summed E-state index contributed by atoms with van der Waals surface area (Å²) in [5, 5.41) is 4.13. The quantitative estimate of drug-likeness (QED) is 0.336. The Morgan fingerprint density at radius 2 is 1.84 bits per heavy atom. The van der Waals surface area contributed by atoms with E-state index in [9.17, 15) is 13.2 Å². The second kappa shape index (κ2) is 9.95. The molecule has 10 heteroatoms. The molecule has 0 unspecified atom stereocenters. The Labute approximate surface area is 214 Å². The summed E-state index contributed by atoms with van der Waals surface area (Å²) in [7, 11) is -3.19. The molecule has 1 aliphatic heterocycles. The van der Waals surface area contributed by atoms with Crippen molar-refractivity contribution in [3.05, 3.63) is 83.4 Å². The molecule has 0 radical (unpaired) electrons. The van der Waals surface area contributed by atoms with Gasteiger partial charge in [-0.25, -0.2) is 22.1 Å². The Balaban J connectivity index is 1.38. The van der Waals surface area contributed by atoms with E-state index in [1.54, 1.807) is 36.5 Å². The van der Waals surface area contributed by atoms with Crippen LogP contribution in [0.1, 0.15) is 40.4 Å². The molecule has 2 aromatic carbocycles. The van der Waals surface area contributed by atoms with Crippen LogP contribution in [0.4, 0.5) is 10.1 Å². The summed E-state index contributed by atoms with van der Waals surface area (Å²) in [5.74, 6) is -0.634. The molecule has 0 saturated carbocycles. The maximum Gasteiger partial charge on any atom is 0.248 e. The van der Waals surface area contributed by atoms with E-state index in [-0.39, 0.29) is 11.7 Å². The predicted molar refractivity (Wildman–Crippen MR) is 142 cm³/mol. The number of aromatic nitrogens is 2. The minimum Gasteiger partial charge on any atom is -0.381 e. The number of hydrogen-bond donors (Lipinski definition) is 3. The highest BCUT2D eigenvalue weighted by Crippen LogP contribution is 2.35. The van der Waals surface area contributed by atoms with Crippen molar-refractivity contribution in [3.8, 4) is 11.1 Å². The number of nitrogens with zero attached hydrogens (tertiary/aromatic N) is 2. The van der Waals surface area contributed by atoms with Gasteiger partial charge in [-0.05, 0) is 66.4 Å². The van der Waals surface area contributed by atoms with Crippen LogP contribution in [0.25, 0.3) is 22.2 Å². The van der Waals surface area contributed by atoms with Crippen molar-refractivity contribution in [2.45, 2.75) is 25.3 Å². The fraction of sp³-hybridized carbons (Fsp3) is 0.259. The van der Waals surface area contributed by atoms with E-state index in [1.165, 1.54) is 16.6 Å². The second-order valence-corrected chi connectivity index (χ2v) is 11.4. The lowest BCUT2D eigenvalue weighted by molar-refractivity contribution is 0.1000. The van der Waals surface area contributed by atoms with Crippen molar-refractivity contribution in [1.29, 1.82) is 0 Å². The first-order valence-corrected chi connectivity index (χ1v) is 13.9. The number of sulfonamides is 1.